The summed E-state index contributed by atoms with van der Waals surface area (Å²) in [6.45, 7) is 12.7. The molecule has 0 saturated heterocycles. The number of carbonyl (C=O) groups is 2. The number of nitrogens with zero attached hydrogens (tertiary/aromatic N) is 3. The molecule has 1 amide bonds. The maximum absolute atomic E-state index is 12.6. The lowest BCUT2D eigenvalue weighted by Gasteiger charge is -2.32. The van der Waals surface area contributed by atoms with Crippen molar-refractivity contribution in [3.05, 3.63) is 34.9 Å². The van der Waals surface area contributed by atoms with Gasteiger partial charge in [-0.15, -0.1) is 0 Å². The molecule has 0 spiro atoms. The molecule has 1 rings (SSSR count). The highest BCUT2D eigenvalue weighted by Crippen LogP contribution is 2.27. The average molecular weight is 360 g/mol. The van der Waals surface area contributed by atoms with Crippen LogP contribution in [0.25, 0.3) is 0 Å². The SMILES string of the molecule is CCCC(=O)N(CCC)C1=N/C(=C(/C)C=O)N(/C=C(\C)CC)C(CC)=C1. The summed E-state index contributed by atoms with van der Waals surface area (Å²) in [6, 6.07) is 0. The maximum atomic E-state index is 12.6. The van der Waals surface area contributed by atoms with E-state index in [9.17, 15) is 9.59 Å². The van der Waals surface area contributed by atoms with Crippen molar-refractivity contribution < 1.29 is 9.59 Å². The summed E-state index contributed by atoms with van der Waals surface area (Å²) < 4.78 is 0. The van der Waals surface area contributed by atoms with Crippen molar-refractivity contribution in [3.63, 3.8) is 0 Å². The second-order valence-electron chi connectivity index (χ2n) is 6.58. The number of carbonyl (C=O) groups excluding carboxylic acids is 2. The fourth-order valence-corrected chi connectivity index (χ4v) is 2.69. The number of aldehydes is 1. The number of rotatable bonds is 8. The first-order valence-electron chi connectivity index (χ1n) is 9.65. The summed E-state index contributed by atoms with van der Waals surface area (Å²) in [6.07, 6.45) is 8.71. The van der Waals surface area contributed by atoms with E-state index in [1.807, 2.05) is 31.0 Å². The normalized spacial score (nSPS) is 16.8. The van der Waals surface area contributed by atoms with E-state index in [2.05, 4.69) is 20.8 Å². The summed E-state index contributed by atoms with van der Waals surface area (Å²) >= 11 is 0. The van der Waals surface area contributed by atoms with Crippen molar-refractivity contribution in [2.24, 2.45) is 4.99 Å². The third-order valence-corrected chi connectivity index (χ3v) is 4.34. The molecular weight excluding hydrogens is 326 g/mol. The van der Waals surface area contributed by atoms with Crippen LogP contribution >= 0.6 is 0 Å². The lowest BCUT2D eigenvalue weighted by molar-refractivity contribution is -0.127. The van der Waals surface area contributed by atoms with E-state index in [1.54, 1.807) is 11.8 Å². The first kappa shape index (κ1) is 21.9. The Bertz CT molecular complexity index is 642. The zero-order valence-corrected chi connectivity index (χ0v) is 17.1. The number of hydrogen-bond acceptors (Lipinski definition) is 4. The van der Waals surface area contributed by atoms with Crippen LogP contribution in [-0.2, 0) is 9.59 Å². The van der Waals surface area contributed by atoms with E-state index in [0.29, 0.717) is 30.2 Å². The van der Waals surface area contributed by atoms with Crippen molar-refractivity contribution in [3.8, 4) is 0 Å². The van der Waals surface area contributed by atoms with Crippen LogP contribution in [0.3, 0.4) is 0 Å². The second-order valence-corrected chi connectivity index (χ2v) is 6.58. The molecule has 0 atom stereocenters. The predicted octanol–water partition coefficient (Wildman–Crippen LogP) is 4.78. The topological polar surface area (TPSA) is 53.0 Å². The van der Waals surface area contributed by atoms with Gasteiger partial charge in [0, 0.05) is 36.5 Å². The zero-order valence-electron chi connectivity index (χ0n) is 17.1. The van der Waals surface area contributed by atoms with Gasteiger partial charge in [0.05, 0.1) is 0 Å². The molecule has 144 valence electrons. The van der Waals surface area contributed by atoms with E-state index in [-0.39, 0.29) is 5.91 Å². The van der Waals surface area contributed by atoms with Gasteiger partial charge in [-0.2, -0.15) is 0 Å². The van der Waals surface area contributed by atoms with E-state index in [1.165, 1.54) is 5.57 Å². The molecule has 0 aliphatic carbocycles. The molecule has 1 heterocycles. The Kier molecular flexibility index (Phi) is 9.03. The van der Waals surface area contributed by atoms with Crippen molar-refractivity contribution >= 4 is 18.0 Å². The quantitative estimate of drug-likeness (QED) is 0.463. The molecule has 0 fully saturated rings. The van der Waals surface area contributed by atoms with E-state index in [4.69, 9.17) is 4.99 Å². The smallest absolute Gasteiger partial charge is 0.228 e. The lowest BCUT2D eigenvalue weighted by atomic mass is 10.1. The van der Waals surface area contributed by atoms with Crippen LogP contribution < -0.4 is 0 Å². The molecule has 0 aromatic heterocycles. The Balaban J connectivity index is 3.48. The fraction of sp³-hybridized carbons (Fsp3) is 0.571. The van der Waals surface area contributed by atoms with Crippen LogP contribution in [0.5, 0.6) is 0 Å². The highest BCUT2D eigenvalue weighted by Gasteiger charge is 2.25. The molecule has 0 N–H and O–H groups in total. The monoisotopic (exact) mass is 359 g/mol. The molecule has 0 saturated carbocycles. The molecule has 5 nitrogen and oxygen atoms in total. The van der Waals surface area contributed by atoms with Crippen LogP contribution in [0.4, 0.5) is 0 Å². The van der Waals surface area contributed by atoms with Gasteiger partial charge in [0.15, 0.2) is 0 Å². The van der Waals surface area contributed by atoms with Gasteiger partial charge in [-0.1, -0.05) is 33.3 Å². The van der Waals surface area contributed by atoms with E-state index in [0.717, 1.165) is 37.7 Å². The Labute approximate surface area is 158 Å². The van der Waals surface area contributed by atoms with E-state index >= 15 is 0 Å². The van der Waals surface area contributed by atoms with Gasteiger partial charge in [0.25, 0.3) is 0 Å². The van der Waals surface area contributed by atoms with Crippen LogP contribution in [0.15, 0.2) is 39.9 Å². The third kappa shape index (κ3) is 5.41. The molecule has 5 heteroatoms. The number of hydrogen-bond donors (Lipinski definition) is 0. The Morgan fingerprint density at radius 1 is 1.19 bits per heavy atom. The van der Waals surface area contributed by atoms with Crippen molar-refractivity contribution in [1.29, 1.82) is 0 Å². The lowest BCUT2D eigenvalue weighted by Crippen LogP contribution is -2.39. The molecule has 1 aliphatic heterocycles. The van der Waals surface area contributed by atoms with Gasteiger partial charge >= 0.3 is 0 Å². The average Bonchev–Trinajstić information content (AvgIpc) is 2.65. The van der Waals surface area contributed by atoms with Gasteiger partial charge in [0.2, 0.25) is 5.91 Å². The van der Waals surface area contributed by atoms with Crippen LogP contribution in [0.2, 0.25) is 0 Å². The van der Waals surface area contributed by atoms with Crippen molar-refractivity contribution in [1.82, 2.24) is 9.80 Å². The molecule has 26 heavy (non-hydrogen) atoms. The number of amides is 1. The summed E-state index contributed by atoms with van der Waals surface area (Å²) in [5.41, 5.74) is 2.79. The molecule has 0 unspecified atom stereocenters. The highest BCUT2D eigenvalue weighted by molar-refractivity contribution is 6.05. The van der Waals surface area contributed by atoms with Crippen LogP contribution in [0, 0.1) is 0 Å². The molecule has 0 bridgehead atoms. The third-order valence-electron chi connectivity index (χ3n) is 4.34. The minimum atomic E-state index is 0.0802. The van der Waals surface area contributed by atoms with Crippen molar-refractivity contribution in [2.45, 2.75) is 73.6 Å². The second kappa shape index (κ2) is 10.7. The summed E-state index contributed by atoms with van der Waals surface area (Å²) in [7, 11) is 0. The predicted molar refractivity (Wildman–Crippen MR) is 107 cm³/mol. The summed E-state index contributed by atoms with van der Waals surface area (Å²) in [5, 5.41) is 0. The number of allylic oxidation sites excluding steroid dienone is 3. The molecule has 1 aliphatic rings. The van der Waals surface area contributed by atoms with Gasteiger partial charge in [0.1, 0.15) is 17.9 Å². The Morgan fingerprint density at radius 2 is 1.88 bits per heavy atom. The fourth-order valence-electron chi connectivity index (χ4n) is 2.69. The van der Waals surface area contributed by atoms with Gasteiger partial charge in [-0.05, 0) is 39.5 Å². The molecular formula is C21H33N3O2. The molecule has 0 radical (unpaired) electrons. The first-order chi connectivity index (χ1) is 12.4. The van der Waals surface area contributed by atoms with E-state index < -0.39 is 0 Å². The van der Waals surface area contributed by atoms with Gasteiger partial charge in [-0.25, -0.2) is 4.99 Å². The number of amidine groups is 1. The maximum Gasteiger partial charge on any atom is 0.228 e. The number of aliphatic imine (C=N–C) groups is 1. The summed E-state index contributed by atoms with van der Waals surface area (Å²) in [4.78, 5) is 32.5. The summed E-state index contributed by atoms with van der Waals surface area (Å²) in [5.74, 6) is 1.32. The standard InChI is InChI=1S/C21H33N3O2/c1-7-11-20(26)23(12-8-2)19-13-18(10-4)24(14-16(5)9-3)21(22-19)17(6)15-25/h13-15H,7-12H2,1-6H3/b16-14+,21-17+. The first-order valence-corrected chi connectivity index (χ1v) is 9.65. The zero-order chi connectivity index (χ0) is 19.7. The minimum Gasteiger partial charge on any atom is -0.305 e. The molecule has 0 aromatic carbocycles. The highest BCUT2D eigenvalue weighted by atomic mass is 16.2. The Morgan fingerprint density at radius 3 is 2.38 bits per heavy atom. The van der Waals surface area contributed by atoms with Crippen LogP contribution in [0.1, 0.15) is 73.6 Å². The van der Waals surface area contributed by atoms with Gasteiger partial charge < -0.3 is 4.90 Å². The largest absolute Gasteiger partial charge is 0.305 e. The van der Waals surface area contributed by atoms with Gasteiger partial charge in [-0.3, -0.25) is 14.5 Å². The Hall–Kier alpha value is -2.17. The minimum absolute atomic E-state index is 0.0802. The van der Waals surface area contributed by atoms with Crippen molar-refractivity contribution in [2.75, 3.05) is 6.54 Å². The van der Waals surface area contributed by atoms with Crippen LogP contribution in [-0.4, -0.2) is 34.4 Å². The molecule has 0 aromatic rings.